The van der Waals surface area contributed by atoms with Crippen LogP contribution >= 0.6 is 11.3 Å². The van der Waals surface area contributed by atoms with Crippen molar-refractivity contribution in [3.05, 3.63) is 40.5 Å². The minimum Gasteiger partial charge on any atom is -0.478 e. The second-order valence-corrected chi connectivity index (χ2v) is 13.8. The van der Waals surface area contributed by atoms with Crippen LogP contribution < -0.4 is 4.90 Å². The molecule has 8 rings (SSSR count). The van der Waals surface area contributed by atoms with E-state index < -0.39 is 11.8 Å². The van der Waals surface area contributed by atoms with Crippen LogP contribution in [-0.4, -0.2) is 39.4 Å². The van der Waals surface area contributed by atoms with E-state index in [9.17, 15) is 14.3 Å². The molecular weight excluding hydrogens is 517 g/mol. The Morgan fingerprint density at radius 1 is 1.08 bits per heavy atom. The molecule has 1 unspecified atom stereocenters. The summed E-state index contributed by atoms with van der Waals surface area (Å²) >= 11 is 1.39. The van der Waals surface area contributed by atoms with E-state index >= 15 is 0 Å². The number of carbonyl (C=O) groups is 1. The highest BCUT2D eigenvalue weighted by atomic mass is 32.1. The minimum atomic E-state index is -1.13. The fraction of sp³-hybridized carbons (Fsp3) is 0.633. The molecule has 5 aliphatic rings. The number of carboxylic acids is 1. The van der Waals surface area contributed by atoms with E-state index in [4.69, 9.17) is 9.26 Å². The zero-order valence-corrected chi connectivity index (χ0v) is 22.9. The molecular formula is C30H34FN3O4S. The van der Waals surface area contributed by atoms with Gasteiger partial charge in [0.15, 0.2) is 10.9 Å². The number of ether oxygens (including phenoxy) is 1. The van der Waals surface area contributed by atoms with Crippen molar-refractivity contribution >= 4 is 32.7 Å². The second-order valence-electron chi connectivity index (χ2n) is 12.8. The molecule has 3 aliphatic carbocycles. The summed E-state index contributed by atoms with van der Waals surface area (Å²) in [5.74, 6) is 0.404. The van der Waals surface area contributed by atoms with Gasteiger partial charge < -0.3 is 19.3 Å². The van der Waals surface area contributed by atoms with Gasteiger partial charge in [0.25, 0.3) is 0 Å². The molecule has 1 spiro atoms. The molecule has 0 amide bonds. The van der Waals surface area contributed by atoms with Gasteiger partial charge in [-0.3, -0.25) is 0 Å². The number of nitrogens with zero attached hydrogens (tertiary/aromatic N) is 3. The van der Waals surface area contributed by atoms with Gasteiger partial charge in [0.05, 0.1) is 28.7 Å². The lowest BCUT2D eigenvalue weighted by Gasteiger charge is -2.38. The number of piperidine rings is 1. The van der Waals surface area contributed by atoms with Crippen LogP contribution in [0.3, 0.4) is 0 Å². The average molecular weight is 552 g/mol. The Hall–Kier alpha value is -2.52. The highest BCUT2D eigenvalue weighted by Gasteiger charge is 2.47. The first kappa shape index (κ1) is 24.3. The van der Waals surface area contributed by atoms with Gasteiger partial charge in [-0.2, -0.15) is 0 Å². The molecule has 9 heteroatoms. The van der Waals surface area contributed by atoms with Gasteiger partial charge in [-0.05, 0) is 94.6 Å². The third-order valence-electron chi connectivity index (χ3n) is 10.2. The number of thiazole rings is 1. The molecule has 2 saturated heterocycles. The number of halogens is 1. The van der Waals surface area contributed by atoms with Gasteiger partial charge in [0.1, 0.15) is 11.3 Å². The summed E-state index contributed by atoms with van der Waals surface area (Å²) in [5, 5.41) is 14.7. The number of hydrogen-bond donors (Lipinski definition) is 1. The fourth-order valence-corrected chi connectivity index (χ4v) is 8.80. The highest BCUT2D eigenvalue weighted by molar-refractivity contribution is 7.22. The van der Waals surface area contributed by atoms with Crippen LogP contribution in [0.15, 0.2) is 16.7 Å². The number of carboxylic acid groups (broad SMARTS) is 1. The smallest absolute Gasteiger partial charge is 0.335 e. The second kappa shape index (κ2) is 8.99. The van der Waals surface area contributed by atoms with Crippen molar-refractivity contribution in [2.75, 3.05) is 4.90 Å². The predicted octanol–water partition coefficient (Wildman–Crippen LogP) is 7.15. The average Bonchev–Trinajstić information content (AvgIpc) is 3.80. The summed E-state index contributed by atoms with van der Waals surface area (Å²) in [4.78, 5) is 18.4. The van der Waals surface area contributed by atoms with Crippen molar-refractivity contribution in [1.29, 1.82) is 0 Å². The largest absolute Gasteiger partial charge is 0.478 e. The van der Waals surface area contributed by atoms with Crippen LogP contribution in [0.2, 0.25) is 0 Å². The Kier molecular flexibility index (Phi) is 5.60. The number of anilines is 1. The lowest BCUT2D eigenvalue weighted by Crippen LogP contribution is -2.45. The molecule has 3 atom stereocenters. The lowest BCUT2D eigenvalue weighted by atomic mass is 9.77. The Balaban J connectivity index is 0.977. The lowest BCUT2D eigenvalue weighted by molar-refractivity contribution is 0.0140. The van der Waals surface area contributed by atoms with E-state index in [0.29, 0.717) is 40.6 Å². The maximum Gasteiger partial charge on any atom is 0.335 e. The summed E-state index contributed by atoms with van der Waals surface area (Å²) in [6.45, 7) is 0.584. The van der Waals surface area contributed by atoms with E-state index in [1.807, 2.05) is 0 Å². The molecule has 206 valence electrons. The summed E-state index contributed by atoms with van der Waals surface area (Å²) < 4.78 is 27.8. The monoisotopic (exact) mass is 551 g/mol. The first-order chi connectivity index (χ1) is 19.0. The third-order valence-corrected chi connectivity index (χ3v) is 11.3. The maximum absolute atomic E-state index is 14.6. The molecule has 5 fully saturated rings. The van der Waals surface area contributed by atoms with E-state index in [1.54, 1.807) is 0 Å². The Bertz CT molecular complexity index is 1420. The van der Waals surface area contributed by atoms with Gasteiger partial charge in [0, 0.05) is 29.5 Å². The molecule has 3 saturated carbocycles. The highest BCUT2D eigenvalue weighted by Crippen LogP contribution is 2.59. The van der Waals surface area contributed by atoms with Crippen LogP contribution in [0.1, 0.15) is 116 Å². The maximum atomic E-state index is 14.6. The zero-order valence-electron chi connectivity index (χ0n) is 22.0. The van der Waals surface area contributed by atoms with E-state index in [0.717, 1.165) is 42.6 Å². The molecule has 7 nitrogen and oxygen atoms in total. The molecule has 39 heavy (non-hydrogen) atoms. The topological polar surface area (TPSA) is 88.7 Å². The van der Waals surface area contributed by atoms with Gasteiger partial charge in [-0.15, -0.1) is 0 Å². The van der Waals surface area contributed by atoms with Crippen LogP contribution in [-0.2, 0) is 11.3 Å². The molecule has 4 heterocycles. The zero-order chi connectivity index (χ0) is 26.3. The first-order valence-corrected chi connectivity index (χ1v) is 15.5. The number of fused-ring (bicyclic) bond motifs is 3. The molecule has 2 aromatic heterocycles. The van der Waals surface area contributed by atoms with Crippen molar-refractivity contribution in [3.8, 4) is 0 Å². The van der Waals surface area contributed by atoms with Crippen molar-refractivity contribution in [2.45, 2.75) is 114 Å². The van der Waals surface area contributed by atoms with Gasteiger partial charge in [0.2, 0.25) is 0 Å². The van der Waals surface area contributed by atoms with Crippen LogP contribution in [0.25, 0.3) is 10.2 Å². The third kappa shape index (κ3) is 4.27. The van der Waals surface area contributed by atoms with E-state index in [1.165, 1.54) is 80.0 Å². The molecule has 3 aromatic rings. The van der Waals surface area contributed by atoms with Crippen molar-refractivity contribution in [3.63, 3.8) is 0 Å². The van der Waals surface area contributed by atoms with Crippen LogP contribution in [0, 0.1) is 11.2 Å². The number of aromatic carboxylic acids is 1. The SMILES string of the molecule is O=C(O)c1cc(F)c2nc(N3C4CC[C@H]3C[C@H](OCc3c(C5CCC6(CC5)CC6)noc3C3CC3)C4)sc2c1. The summed E-state index contributed by atoms with van der Waals surface area (Å²) in [7, 11) is 0. The minimum absolute atomic E-state index is 0.0378. The summed E-state index contributed by atoms with van der Waals surface area (Å²) in [6.07, 6.45) is 14.5. The fourth-order valence-electron chi connectivity index (χ4n) is 7.64. The van der Waals surface area contributed by atoms with E-state index in [2.05, 4.69) is 15.0 Å². The predicted molar refractivity (Wildman–Crippen MR) is 145 cm³/mol. The Labute approximate surface area is 230 Å². The normalized spacial score (nSPS) is 28.0. The van der Waals surface area contributed by atoms with Gasteiger partial charge >= 0.3 is 5.97 Å². The number of aromatic nitrogens is 2. The summed E-state index contributed by atoms with van der Waals surface area (Å²) in [6, 6.07) is 3.20. The Morgan fingerprint density at radius 3 is 2.49 bits per heavy atom. The van der Waals surface area contributed by atoms with Gasteiger partial charge in [-0.25, -0.2) is 14.2 Å². The molecule has 2 bridgehead atoms. The molecule has 1 aromatic carbocycles. The van der Waals surface area contributed by atoms with Crippen molar-refractivity contribution in [1.82, 2.24) is 10.1 Å². The standard InChI is InChI=1S/C30H34FN3O4S/c31-23-11-18(28(35)36)12-24-26(23)32-29(39-24)34-19-3-4-20(34)14-21(13-19)37-15-22-25(33-38-27(22)17-1-2-17)16-5-7-30(8-6-16)9-10-30/h11-12,16-17,19-21H,1-10,13-15H2,(H,35,36)/t19-,20?,21-/m0/s1. The molecule has 1 N–H and O–H groups in total. The van der Waals surface area contributed by atoms with Crippen LogP contribution in [0.5, 0.6) is 0 Å². The van der Waals surface area contributed by atoms with Crippen molar-refractivity contribution in [2.24, 2.45) is 5.41 Å². The van der Waals surface area contributed by atoms with Crippen LogP contribution in [0.4, 0.5) is 9.52 Å². The summed E-state index contributed by atoms with van der Waals surface area (Å²) in [5.41, 5.74) is 3.30. The molecule has 2 aliphatic heterocycles. The van der Waals surface area contributed by atoms with Gasteiger partial charge in [-0.1, -0.05) is 16.5 Å². The first-order valence-electron chi connectivity index (χ1n) is 14.7. The quantitative estimate of drug-likeness (QED) is 0.333. The van der Waals surface area contributed by atoms with Crippen molar-refractivity contribution < 1.29 is 23.6 Å². The number of rotatable bonds is 7. The number of benzene rings is 1. The number of hydrogen-bond acceptors (Lipinski definition) is 7. The molecule has 0 radical (unpaired) electrons. The van der Waals surface area contributed by atoms with E-state index in [-0.39, 0.29) is 17.2 Å². The Morgan fingerprint density at radius 2 is 1.82 bits per heavy atom.